The van der Waals surface area contributed by atoms with E-state index in [1.165, 1.54) is 25.6 Å². The molecule has 0 aliphatic heterocycles. The van der Waals surface area contributed by atoms with Crippen molar-refractivity contribution in [1.82, 2.24) is 9.97 Å². The van der Waals surface area contributed by atoms with Gasteiger partial charge < -0.3 is 10.1 Å². The smallest absolute Gasteiger partial charge is 0.358 e. The molecular weight excluding hydrogens is 317 g/mol. The Bertz CT molecular complexity index is 622. The van der Waals surface area contributed by atoms with E-state index in [4.69, 9.17) is 0 Å². The molecule has 5 nitrogen and oxygen atoms in total. The Morgan fingerprint density at radius 3 is 2.89 bits per heavy atom. The summed E-state index contributed by atoms with van der Waals surface area (Å²) < 4.78 is 18.0. The maximum absolute atomic E-state index is 13.1. The number of methoxy groups -OCH3 is 1. The van der Waals surface area contributed by atoms with Crippen molar-refractivity contribution in [1.29, 1.82) is 0 Å². The van der Waals surface area contributed by atoms with E-state index in [9.17, 15) is 9.18 Å². The van der Waals surface area contributed by atoms with Gasteiger partial charge in [-0.05, 0) is 34.1 Å². The molecule has 0 aliphatic rings. The highest BCUT2D eigenvalue weighted by atomic mass is 79.9. The molecule has 0 spiro atoms. The highest BCUT2D eigenvalue weighted by Crippen LogP contribution is 2.22. The zero-order valence-corrected chi connectivity index (χ0v) is 11.4. The van der Waals surface area contributed by atoms with Crippen molar-refractivity contribution in [2.45, 2.75) is 0 Å². The first-order valence-electron chi connectivity index (χ1n) is 5.22. The summed E-state index contributed by atoms with van der Waals surface area (Å²) in [7, 11) is 1.27. The fourth-order valence-electron chi connectivity index (χ4n) is 1.35. The van der Waals surface area contributed by atoms with Gasteiger partial charge in [0.1, 0.15) is 11.6 Å². The molecule has 0 saturated carbocycles. The largest absolute Gasteiger partial charge is 0.464 e. The zero-order valence-electron chi connectivity index (χ0n) is 9.85. The molecule has 1 heterocycles. The van der Waals surface area contributed by atoms with Crippen LogP contribution in [0.25, 0.3) is 0 Å². The van der Waals surface area contributed by atoms with E-state index in [-0.39, 0.29) is 11.5 Å². The Balaban J connectivity index is 2.23. The molecule has 1 N–H and O–H groups in total. The van der Waals surface area contributed by atoms with Gasteiger partial charge in [0.15, 0.2) is 5.69 Å². The predicted octanol–water partition coefficient (Wildman–Crippen LogP) is 2.91. The summed E-state index contributed by atoms with van der Waals surface area (Å²) >= 11 is 3.08. The lowest BCUT2D eigenvalue weighted by atomic mass is 10.3. The van der Waals surface area contributed by atoms with Crippen LogP contribution in [0.2, 0.25) is 0 Å². The Morgan fingerprint density at radius 2 is 2.21 bits per heavy atom. The molecule has 2 aromatic rings. The number of hydrogen-bond acceptors (Lipinski definition) is 5. The molecule has 0 aliphatic carbocycles. The van der Waals surface area contributed by atoms with Crippen LogP contribution in [0.4, 0.5) is 15.9 Å². The summed E-state index contributed by atoms with van der Waals surface area (Å²) in [5.41, 5.74) is 0.707. The van der Waals surface area contributed by atoms with Crippen LogP contribution in [0.3, 0.4) is 0 Å². The highest BCUT2D eigenvalue weighted by molar-refractivity contribution is 9.10. The second-order valence-electron chi connectivity index (χ2n) is 3.54. The fourth-order valence-corrected chi connectivity index (χ4v) is 1.73. The van der Waals surface area contributed by atoms with Gasteiger partial charge >= 0.3 is 5.97 Å². The molecule has 1 aromatic carbocycles. The molecule has 1 aromatic heterocycles. The first-order valence-corrected chi connectivity index (χ1v) is 6.02. The van der Waals surface area contributed by atoms with Gasteiger partial charge in [-0.2, -0.15) is 0 Å². The van der Waals surface area contributed by atoms with Gasteiger partial charge in [-0.1, -0.05) is 0 Å². The van der Waals surface area contributed by atoms with Gasteiger partial charge in [0.2, 0.25) is 0 Å². The van der Waals surface area contributed by atoms with Crippen molar-refractivity contribution >= 4 is 33.4 Å². The number of anilines is 2. The minimum atomic E-state index is -0.573. The Morgan fingerprint density at radius 1 is 1.42 bits per heavy atom. The van der Waals surface area contributed by atoms with Crippen molar-refractivity contribution in [2.75, 3.05) is 12.4 Å². The van der Waals surface area contributed by atoms with Gasteiger partial charge in [-0.25, -0.2) is 14.2 Å². The number of nitrogens with zero attached hydrogens (tertiary/aromatic N) is 2. The lowest BCUT2D eigenvalue weighted by molar-refractivity contribution is 0.0593. The Kier molecular flexibility index (Phi) is 4.06. The number of hydrogen-bond donors (Lipinski definition) is 1. The molecule has 0 radical (unpaired) electrons. The van der Waals surface area contributed by atoms with Crippen molar-refractivity contribution < 1.29 is 13.9 Å². The van der Waals surface area contributed by atoms with Crippen molar-refractivity contribution in [3.63, 3.8) is 0 Å². The molecule has 98 valence electrons. The topological polar surface area (TPSA) is 64.1 Å². The van der Waals surface area contributed by atoms with E-state index >= 15 is 0 Å². The minimum Gasteiger partial charge on any atom is -0.464 e. The molecule has 0 bridgehead atoms. The summed E-state index contributed by atoms with van der Waals surface area (Å²) in [6.45, 7) is 0. The summed E-state index contributed by atoms with van der Waals surface area (Å²) in [5, 5.41) is 2.91. The van der Waals surface area contributed by atoms with E-state index < -0.39 is 5.97 Å². The number of halogens is 2. The average Bonchev–Trinajstić information content (AvgIpc) is 2.42. The molecule has 0 atom stereocenters. The highest BCUT2D eigenvalue weighted by Gasteiger charge is 2.09. The van der Waals surface area contributed by atoms with Crippen LogP contribution in [-0.4, -0.2) is 23.0 Å². The number of rotatable bonds is 3. The molecule has 2 rings (SSSR count). The number of nitrogens with one attached hydrogen (secondary N) is 1. The molecule has 0 amide bonds. The predicted molar refractivity (Wildman–Crippen MR) is 70.8 cm³/mol. The van der Waals surface area contributed by atoms with Gasteiger partial charge in [0.05, 0.1) is 24.0 Å². The SMILES string of the molecule is COC(=O)c1cncc(Nc2ccc(F)c(Br)c2)n1. The molecule has 0 unspecified atom stereocenters. The number of aromatic nitrogens is 2. The molecule has 0 saturated heterocycles. The van der Waals surface area contributed by atoms with E-state index in [1.54, 1.807) is 12.1 Å². The standard InChI is InChI=1S/C12H9BrFN3O2/c1-19-12(18)10-5-15-6-11(17-10)16-7-2-3-9(14)8(13)4-7/h2-6H,1H3,(H,16,17). The van der Waals surface area contributed by atoms with Gasteiger partial charge in [0.25, 0.3) is 0 Å². The average molecular weight is 326 g/mol. The summed E-state index contributed by atoms with van der Waals surface area (Å²) in [6, 6.07) is 4.42. The number of carbonyl (C=O) groups excluding carboxylic acids is 1. The number of ether oxygens (including phenoxy) is 1. The fraction of sp³-hybridized carbons (Fsp3) is 0.0833. The van der Waals surface area contributed by atoms with Crippen molar-refractivity contribution in [2.24, 2.45) is 0 Å². The third-order valence-electron chi connectivity index (χ3n) is 2.22. The molecule has 7 heteroatoms. The van der Waals surface area contributed by atoms with Crippen LogP contribution >= 0.6 is 15.9 Å². The molecule has 19 heavy (non-hydrogen) atoms. The van der Waals surface area contributed by atoms with E-state index in [0.29, 0.717) is 16.0 Å². The minimum absolute atomic E-state index is 0.0914. The van der Waals surface area contributed by atoms with Crippen LogP contribution in [0.15, 0.2) is 35.1 Å². The third-order valence-corrected chi connectivity index (χ3v) is 2.83. The van der Waals surface area contributed by atoms with Crippen molar-refractivity contribution in [3.8, 4) is 0 Å². The number of carbonyl (C=O) groups is 1. The van der Waals surface area contributed by atoms with Crippen LogP contribution in [-0.2, 0) is 4.74 Å². The van der Waals surface area contributed by atoms with Crippen LogP contribution in [0.1, 0.15) is 10.5 Å². The van der Waals surface area contributed by atoms with Crippen LogP contribution in [0, 0.1) is 5.82 Å². The Hall–Kier alpha value is -2.02. The maximum Gasteiger partial charge on any atom is 0.358 e. The van der Waals surface area contributed by atoms with Crippen LogP contribution < -0.4 is 5.32 Å². The summed E-state index contributed by atoms with van der Waals surface area (Å²) in [6.07, 6.45) is 2.75. The third kappa shape index (κ3) is 3.25. The lowest BCUT2D eigenvalue weighted by Crippen LogP contribution is -2.06. The maximum atomic E-state index is 13.1. The monoisotopic (exact) mass is 325 g/mol. The normalized spacial score (nSPS) is 10.1. The summed E-state index contributed by atoms with van der Waals surface area (Å²) in [4.78, 5) is 19.2. The molecule has 0 fully saturated rings. The lowest BCUT2D eigenvalue weighted by Gasteiger charge is -2.07. The zero-order chi connectivity index (χ0) is 13.8. The quantitative estimate of drug-likeness (QED) is 0.879. The first-order chi connectivity index (χ1) is 9.10. The van der Waals surface area contributed by atoms with Gasteiger partial charge in [0, 0.05) is 5.69 Å². The van der Waals surface area contributed by atoms with E-state index in [2.05, 4.69) is 36.0 Å². The van der Waals surface area contributed by atoms with E-state index in [1.807, 2.05) is 0 Å². The number of benzene rings is 1. The molecular formula is C12H9BrFN3O2. The Labute approximate surface area is 117 Å². The summed E-state index contributed by atoms with van der Waals surface area (Å²) in [5.74, 6) is -0.571. The van der Waals surface area contributed by atoms with Crippen LogP contribution in [0.5, 0.6) is 0 Å². The second kappa shape index (κ2) is 5.75. The first kappa shape index (κ1) is 13.4. The number of esters is 1. The second-order valence-corrected chi connectivity index (χ2v) is 4.39. The van der Waals surface area contributed by atoms with E-state index in [0.717, 1.165) is 0 Å². The van der Waals surface area contributed by atoms with Gasteiger partial charge in [-0.15, -0.1) is 0 Å². The van der Waals surface area contributed by atoms with Gasteiger partial charge in [-0.3, -0.25) is 4.98 Å². The van der Waals surface area contributed by atoms with Crippen molar-refractivity contribution in [3.05, 3.63) is 46.6 Å².